The van der Waals surface area contributed by atoms with Crippen LogP contribution in [0.25, 0.3) is 0 Å². The van der Waals surface area contributed by atoms with E-state index >= 15 is 0 Å². The molecular weight excluding hydrogens is 252 g/mol. The van der Waals surface area contributed by atoms with Crippen LogP contribution in [0.1, 0.15) is 37.6 Å². The molecule has 4 heteroatoms. The predicted molar refractivity (Wildman–Crippen MR) is 70.8 cm³/mol. The molecule has 0 saturated carbocycles. The van der Waals surface area contributed by atoms with Crippen molar-refractivity contribution in [3.63, 3.8) is 0 Å². The number of hydrogen-bond donors (Lipinski definition) is 0. The molecule has 0 atom stereocenters. The highest BCUT2D eigenvalue weighted by atomic mass is 35.5. The Balaban J connectivity index is 2.44. The zero-order chi connectivity index (χ0) is 13.3. The Hall–Kier alpha value is -1.22. The number of ketones is 1. The van der Waals surface area contributed by atoms with E-state index < -0.39 is 5.41 Å². The van der Waals surface area contributed by atoms with Crippen molar-refractivity contribution in [2.45, 2.75) is 27.2 Å². The maximum atomic E-state index is 12.3. The molecule has 0 fully saturated rings. The first-order chi connectivity index (χ1) is 8.39. The van der Waals surface area contributed by atoms with Crippen molar-refractivity contribution in [3.05, 3.63) is 22.7 Å². The lowest BCUT2D eigenvalue weighted by Gasteiger charge is -2.18. The van der Waals surface area contributed by atoms with E-state index in [1.165, 1.54) is 0 Å². The van der Waals surface area contributed by atoms with Gasteiger partial charge < -0.3 is 9.47 Å². The number of halogens is 1. The van der Waals surface area contributed by atoms with Crippen molar-refractivity contribution in [2.75, 3.05) is 13.2 Å². The molecule has 0 bridgehead atoms. The van der Waals surface area contributed by atoms with E-state index in [-0.39, 0.29) is 5.78 Å². The van der Waals surface area contributed by atoms with Gasteiger partial charge in [0, 0.05) is 23.5 Å². The second kappa shape index (κ2) is 4.81. The van der Waals surface area contributed by atoms with Gasteiger partial charge in [-0.2, -0.15) is 0 Å². The van der Waals surface area contributed by atoms with Crippen molar-refractivity contribution in [1.29, 1.82) is 0 Å². The molecule has 0 N–H and O–H groups in total. The molecule has 1 aromatic carbocycles. The van der Waals surface area contributed by atoms with Crippen LogP contribution in [-0.2, 0) is 0 Å². The third-order valence-corrected chi connectivity index (χ3v) is 3.08. The summed E-state index contributed by atoms with van der Waals surface area (Å²) in [7, 11) is 0. The van der Waals surface area contributed by atoms with Crippen LogP contribution in [0.5, 0.6) is 11.5 Å². The molecule has 0 unspecified atom stereocenters. The lowest BCUT2D eigenvalue weighted by molar-refractivity contribution is 0.0858. The van der Waals surface area contributed by atoms with Gasteiger partial charge in [-0.1, -0.05) is 32.4 Å². The largest absolute Gasteiger partial charge is 0.490 e. The fraction of sp³-hybridized carbons (Fsp3) is 0.500. The quantitative estimate of drug-likeness (QED) is 0.728. The minimum Gasteiger partial charge on any atom is -0.490 e. The van der Waals surface area contributed by atoms with E-state index in [1.54, 1.807) is 12.1 Å². The van der Waals surface area contributed by atoms with E-state index in [2.05, 4.69) is 0 Å². The van der Waals surface area contributed by atoms with Gasteiger partial charge in [0.05, 0.1) is 18.2 Å². The minimum absolute atomic E-state index is 0.00291. The number of rotatable bonds is 1. The third kappa shape index (κ3) is 2.61. The van der Waals surface area contributed by atoms with Gasteiger partial charge in [-0.05, 0) is 6.07 Å². The molecule has 0 aromatic heterocycles. The van der Waals surface area contributed by atoms with Crippen LogP contribution in [0.2, 0.25) is 5.02 Å². The smallest absolute Gasteiger partial charge is 0.169 e. The average Bonchev–Trinajstić information content (AvgIpc) is 2.50. The van der Waals surface area contributed by atoms with Gasteiger partial charge in [-0.25, -0.2) is 0 Å². The molecule has 3 nitrogen and oxygen atoms in total. The number of fused-ring (bicyclic) bond motifs is 1. The summed E-state index contributed by atoms with van der Waals surface area (Å²) >= 11 is 6.16. The standard InChI is InChI=1S/C14H17ClO3/c1-14(2,3)13(16)9-7-11-12(8-10(9)15)18-6-4-5-17-11/h7-8H,4-6H2,1-3H3. The first-order valence-electron chi connectivity index (χ1n) is 6.03. The lowest BCUT2D eigenvalue weighted by atomic mass is 9.86. The summed E-state index contributed by atoms with van der Waals surface area (Å²) in [5.41, 5.74) is 0.0251. The van der Waals surface area contributed by atoms with Crippen molar-refractivity contribution in [1.82, 2.24) is 0 Å². The van der Waals surface area contributed by atoms with Crippen molar-refractivity contribution < 1.29 is 14.3 Å². The molecule has 0 saturated heterocycles. The fourth-order valence-corrected chi connectivity index (χ4v) is 2.00. The first kappa shape index (κ1) is 13.2. The van der Waals surface area contributed by atoms with Crippen LogP contribution in [0.3, 0.4) is 0 Å². The summed E-state index contributed by atoms with van der Waals surface area (Å²) in [6, 6.07) is 3.36. The normalized spacial score (nSPS) is 15.1. The van der Waals surface area contributed by atoms with Gasteiger partial charge in [0.15, 0.2) is 17.3 Å². The second-order valence-electron chi connectivity index (χ2n) is 5.41. The average molecular weight is 269 g/mol. The SMILES string of the molecule is CC(C)(C)C(=O)c1cc2c(cc1Cl)OCCCO2. The molecule has 1 aliphatic rings. The minimum atomic E-state index is -0.469. The second-order valence-corrected chi connectivity index (χ2v) is 5.82. The maximum absolute atomic E-state index is 12.3. The molecule has 98 valence electrons. The molecule has 18 heavy (non-hydrogen) atoms. The number of carbonyl (C=O) groups excluding carboxylic acids is 1. The molecule has 0 radical (unpaired) electrons. The predicted octanol–water partition coefficient (Wildman–Crippen LogP) is 3.73. The Kier molecular flexibility index (Phi) is 3.53. The number of Topliss-reactive ketones (excluding diaryl/α,β-unsaturated/α-hetero) is 1. The van der Waals surface area contributed by atoms with E-state index in [1.807, 2.05) is 20.8 Å². The molecular formula is C14H17ClO3. The zero-order valence-corrected chi connectivity index (χ0v) is 11.6. The van der Waals surface area contributed by atoms with Crippen LogP contribution in [-0.4, -0.2) is 19.0 Å². The summed E-state index contributed by atoms with van der Waals surface area (Å²) in [5, 5.41) is 0.416. The van der Waals surface area contributed by atoms with Crippen LogP contribution in [0.15, 0.2) is 12.1 Å². The van der Waals surface area contributed by atoms with E-state index in [0.29, 0.717) is 35.3 Å². The summed E-state index contributed by atoms with van der Waals surface area (Å²) in [6.07, 6.45) is 0.828. The van der Waals surface area contributed by atoms with Gasteiger partial charge in [0.2, 0.25) is 0 Å². The highest BCUT2D eigenvalue weighted by Gasteiger charge is 2.27. The zero-order valence-electron chi connectivity index (χ0n) is 10.9. The van der Waals surface area contributed by atoms with Crippen molar-refractivity contribution in [3.8, 4) is 11.5 Å². The monoisotopic (exact) mass is 268 g/mol. The first-order valence-corrected chi connectivity index (χ1v) is 6.41. The van der Waals surface area contributed by atoms with Gasteiger partial charge in [0.1, 0.15) is 0 Å². The fourth-order valence-electron chi connectivity index (χ4n) is 1.76. The number of benzene rings is 1. The van der Waals surface area contributed by atoms with Gasteiger partial charge in [0.25, 0.3) is 0 Å². The molecule has 2 rings (SSSR count). The van der Waals surface area contributed by atoms with Gasteiger partial charge in [-0.3, -0.25) is 4.79 Å². The Morgan fingerprint density at radius 2 is 1.72 bits per heavy atom. The van der Waals surface area contributed by atoms with E-state index in [9.17, 15) is 4.79 Å². The van der Waals surface area contributed by atoms with Crippen LogP contribution >= 0.6 is 11.6 Å². The van der Waals surface area contributed by atoms with Crippen molar-refractivity contribution in [2.24, 2.45) is 5.41 Å². The summed E-state index contributed by atoms with van der Waals surface area (Å²) in [5.74, 6) is 1.22. The van der Waals surface area contributed by atoms with Crippen LogP contribution in [0.4, 0.5) is 0 Å². The maximum Gasteiger partial charge on any atom is 0.169 e. The Bertz CT molecular complexity index is 475. The summed E-state index contributed by atoms with van der Waals surface area (Å²) < 4.78 is 11.1. The molecule has 1 aliphatic heterocycles. The van der Waals surface area contributed by atoms with Crippen LogP contribution in [0, 0.1) is 5.41 Å². The van der Waals surface area contributed by atoms with Crippen molar-refractivity contribution >= 4 is 17.4 Å². The lowest BCUT2D eigenvalue weighted by Crippen LogP contribution is -2.20. The molecule has 0 spiro atoms. The Morgan fingerprint density at radius 1 is 1.17 bits per heavy atom. The molecule has 1 aromatic rings. The van der Waals surface area contributed by atoms with E-state index in [4.69, 9.17) is 21.1 Å². The third-order valence-electron chi connectivity index (χ3n) is 2.76. The van der Waals surface area contributed by atoms with Crippen LogP contribution < -0.4 is 9.47 Å². The Morgan fingerprint density at radius 3 is 2.28 bits per heavy atom. The number of carbonyl (C=O) groups is 1. The van der Waals surface area contributed by atoms with Gasteiger partial charge >= 0.3 is 0 Å². The highest BCUT2D eigenvalue weighted by molar-refractivity contribution is 6.34. The number of ether oxygens (including phenoxy) is 2. The molecule has 0 amide bonds. The van der Waals surface area contributed by atoms with Gasteiger partial charge in [-0.15, -0.1) is 0 Å². The molecule has 1 heterocycles. The van der Waals surface area contributed by atoms with E-state index in [0.717, 1.165) is 6.42 Å². The summed E-state index contributed by atoms with van der Waals surface area (Å²) in [4.78, 5) is 12.3. The number of hydrogen-bond acceptors (Lipinski definition) is 3. The molecule has 0 aliphatic carbocycles. The summed E-state index contributed by atoms with van der Waals surface area (Å²) in [6.45, 7) is 6.81. The highest BCUT2D eigenvalue weighted by Crippen LogP contribution is 2.37. The topological polar surface area (TPSA) is 35.5 Å². The Labute approximate surface area is 112 Å².